The lowest BCUT2D eigenvalue weighted by atomic mass is 9.93. The zero-order valence-corrected chi connectivity index (χ0v) is 16.5. The molecule has 30 heavy (non-hydrogen) atoms. The summed E-state index contributed by atoms with van der Waals surface area (Å²) in [5.74, 6) is 0. The van der Waals surface area contributed by atoms with Crippen molar-refractivity contribution in [1.29, 1.82) is 0 Å². The molecule has 0 N–H and O–H groups in total. The summed E-state index contributed by atoms with van der Waals surface area (Å²) in [7, 11) is 0. The van der Waals surface area contributed by atoms with Crippen molar-refractivity contribution in [3.05, 3.63) is 121 Å². The summed E-state index contributed by atoms with van der Waals surface area (Å²) in [5.41, 5.74) is 4.99. The van der Waals surface area contributed by atoms with Crippen LogP contribution in [0.25, 0.3) is 54.6 Å². The van der Waals surface area contributed by atoms with Crippen molar-refractivity contribution in [3.63, 3.8) is 0 Å². The number of rotatable bonds is 2. The first-order valence-corrected chi connectivity index (χ1v) is 10.4. The fourth-order valence-corrected chi connectivity index (χ4v) is 4.51. The van der Waals surface area contributed by atoms with E-state index in [-0.39, 0.29) is 0 Å². The predicted octanol–water partition coefficient (Wildman–Crippen LogP) is 8.48. The fraction of sp³-hybridized carbons (Fsp3) is 0. The Balaban J connectivity index is 1.60. The van der Waals surface area contributed by atoms with Crippen LogP contribution in [-0.4, -0.2) is 0 Å². The molecule has 0 amide bonds. The molecule has 0 fully saturated rings. The summed E-state index contributed by atoms with van der Waals surface area (Å²) >= 11 is 0. The van der Waals surface area contributed by atoms with Crippen LogP contribution in [0, 0.1) is 0 Å². The molecular weight excluding hydrogens is 360 g/mol. The number of hydrogen-bond acceptors (Lipinski definition) is 0. The normalized spacial score (nSPS) is 11.3. The Hall–Kier alpha value is -3.90. The Labute approximate surface area is 176 Å². The van der Waals surface area contributed by atoms with Gasteiger partial charge in [0.15, 0.2) is 0 Å². The number of benzene rings is 6. The molecule has 0 spiro atoms. The van der Waals surface area contributed by atoms with Crippen LogP contribution in [-0.2, 0) is 0 Å². The Morgan fingerprint density at radius 2 is 0.867 bits per heavy atom. The summed E-state index contributed by atoms with van der Waals surface area (Å²) in [6, 6.07) is 43.9. The highest BCUT2D eigenvalue weighted by Gasteiger charge is 2.08. The van der Waals surface area contributed by atoms with Crippen molar-refractivity contribution in [2.75, 3.05) is 0 Å². The molecule has 0 radical (unpaired) electrons. The maximum absolute atomic E-state index is 2.36. The quantitative estimate of drug-likeness (QED) is 0.264. The lowest BCUT2D eigenvalue weighted by Gasteiger charge is -2.11. The smallest absolute Gasteiger partial charge is 0.00266 e. The van der Waals surface area contributed by atoms with E-state index < -0.39 is 0 Å². The summed E-state index contributed by atoms with van der Waals surface area (Å²) in [5, 5.41) is 7.82. The molecule has 0 heterocycles. The van der Waals surface area contributed by atoms with Gasteiger partial charge in [0.25, 0.3) is 0 Å². The van der Waals surface area contributed by atoms with E-state index in [9.17, 15) is 0 Å². The largest absolute Gasteiger partial charge is 0.0622 e. The van der Waals surface area contributed by atoms with Gasteiger partial charge in [0.1, 0.15) is 0 Å². The van der Waals surface area contributed by atoms with Crippen molar-refractivity contribution >= 4 is 32.3 Å². The van der Waals surface area contributed by atoms with Crippen LogP contribution in [0.3, 0.4) is 0 Å². The van der Waals surface area contributed by atoms with Gasteiger partial charge in [0.05, 0.1) is 0 Å². The lowest BCUT2D eigenvalue weighted by molar-refractivity contribution is 1.60. The van der Waals surface area contributed by atoms with Crippen LogP contribution in [0.2, 0.25) is 0 Å². The van der Waals surface area contributed by atoms with E-state index in [0.29, 0.717) is 0 Å². The van der Waals surface area contributed by atoms with E-state index in [0.717, 1.165) is 0 Å². The Morgan fingerprint density at radius 1 is 0.300 bits per heavy atom. The van der Waals surface area contributed by atoms with Gasteiger partial charge in [0, 0.05) is 0 Å². The molecule has 0 aromatic heterocycles. The highest BCUT2D eigenvalue weighted by Crippen LogP contribution is 2.35. The van der Waals surface area contributed by atoms with Gasteiger partial charge < -0.3 is 0 Å². The molecule has 0 nitrogen and oxygen atoms in total. The first kappa shape index (κ1) is 17.0. The molecule has 0 saturated heterocycles. The topological polar surface area (TPSA) is 0 Å². The Bertz CT molecular complexity index is 1520. The minimum Gasteiger partial charge on any atom is -0.0622 e. The van der Waals surface area contributed by atoms with E-state index in [1.807, 2.05) is 0 Å². The first-order chi connectivity index (χ1) is 14.9. The third-order valence-corrected chi connectivity index (χ3v) is 6.03. The molecule has 0 aliphatic rings. The Morgan fingerprint density at radius 3 is 1.70 bits per heavy atom. The van der Waals surface area contributed by atoms with Crippen LogP contribution in [0.15, 0.2) is 121 Å². The van der Waals surface area contributed by atoms with Gasteiger partial charge in [-0.05, 0) is 66.7 Å². The SMILES string of the molecule is c1ccc(-c2cccc(-c3ccc4ccc5ccc6ccccc6c5c4c3)c2)cc1. The number of fused-ring (bicyclic) bond motifs is 5. The average molecular weight is 380 g/mol. The highest BCUT2D eigenvalue weighted by atomic mass is 14.1. The second kappa shape index (κ2) is 6.86. The lowest BCUT2D eigenvalue weighted by Crippen LogP contribution is -1.84. The molecule has 0 bridgehead atoms. The molecule has 6 aromatic carbocycles. The molecule has 0 aliphatic carbocycles. The molecule has 6 rings (SSSR count). The van der Waals surface area contributed by atoms with Crippen LogP contribution >= 0.6 is 0 Å². The minimum absolute atomic E-state index is 1.25. The summed E-state index contributed by atoms with van der Waals surface area (Å²) < 4.78 is 0. The third kappa shape index (κ3) is 2.77. The van der Waals surface area contributed by atoms with E-state index in [1.54, 1.807) is 0 Å². The van der Waals surface area contributed by atoms with Gasteiger partial charge in [-0.1, -0.05) is 109 Å². The molecule has 0 aliphatic heterocycles. The second-order valence-electron chi connectivity index (χ2n) is 7.83. The van der Waals surface area contributed by atoms with Crippen molar-refractivity contribution in [1.82, 2.24) is 0 Å². The second-order valence-corrected chi connectivity index (χ2v) is 7.83. The zero-order valence-electron chi connectivity index (χ0n) is 16.5. The standard InChI is InChI=1S/C30H20/c1-2-7-21(8-3-1)25-10-6-11-26(19-25)27-18-15-23-14-17-24-16-13-22-9-4-5-12-28(22)30(24)29(23)20-27/h1-20H. The molecular formula is C30H20. The molecule has 0 saturated carbocycles. The van der Waals surface area contributed by atoms with E-state index in [2.05, 4.69) is 121 Å². The van der Waals surface area contributed by atoms with E-state index >= 15 is 0 Å². The first-order valence-electron chi connectivity index (χ1n) is 10.4. The van der Waals surface area contributed by atoms with E-state index in [1.165, 1.54) is 54.6 Å². The van der Waals surface area contributed by atoms with Crippen LogP contribution < -0.4 is 0 Å². The van der Waals surface area contributed by atoms with Crippen LogP contribution in [0.4, 0.5) is 0 Å². The van der Waals surface area contributed by atoms with Crippen LogP contribution in [0.1, 0.15) is 0 Å². The highest BCUT2D eigenvalue weighted by molar-refractivity contribution is 6.20. The van der Waals surface area contributed by atoms with Gasteiger partial charge in [-0.2, -0.15) is 0 Å². The van der Waals surface area contributed by atoms with Gasteiger partial charge in [-0.3, -0.25) is 0 Å². The fourth-order valence-electron chi connectivity index (χ4n) is 4.51. The van der Waals surface area contributed by atoms with Gasteiger partial charge >= 0.3 is 0 Å². The van der Waals surface area contributed by atoms with Crippen molar-refractivity contribution in [2.24, 2.45) is 0 Å². The Kier molecular flexibility index (Phi) is 3.89. The van der Waals surface area contributed by atoms with Crippen LogP contribution in [0.5, 0.6) is 0 Å². The zero-order chi connectivity index (χ0) is 19.9. The maximum Gasteiger partial charge on any atom is -0.00266 e. The summed E-state index contributed by atoms with van der Waals surface area (Å²) in [4.78, 5) is 0. The molecule has 140 valence electrons. The van der Waals surface area contributed by atoms with Gasteiger partial charge in [-0.15, -0.1) is 0 Å². The van der Waals surface area contributed by atoms with E-state index in [4.69, 9.17) is 0 Å². The third-order valence-electron chi connectivity index (χ3n) is 6.03. The molecule has 0 heteroatoms. The van der Waals surface area contributed by atoms with Gasteiger partial charge in [0.2, 0.25) is 0 Å². The maximum atomic E-state index is 2.36. The summed E-state index contributed by atoms with van der Waals surface area (Å²) in [6.07, 6.45) is 0. The van der Waals surface area contributed by atoms with Crippen molar-refractivity contribution < 1.29 is 0 Å². The average Bonchev–Trinajstić information content (AvgIpc) is 2.84. The monoisotopic (exact) mass is 380 g/mol. The van der Waals surface area contributed by atoms with Crippen molar-refractivity contribution in [2.45, 2.75) is 0 Å². The molecule has 0 atom stereocenters. The number of hydrogen-bond donors (Lipinski definition) is 0. The predicted molar refractivity (Wildman–Crippen MR) is 130 cm³/mol. The molecule has 0 unspecified atom stereocenters. The molecule has 6 aromatic rings. The summed E-state index contributed by atoms with van der Waals surface area (Å²) in [6.45, 7) is 0. The van der Waals surface area contributed by atoms with Crippen molar-refractivity contribution in [3.8, 4) is 22.3 Å². The minimum atomic E-state index is 1.25. The van der Waals surface area contributed by atoms with Gasteiger partial charge in [-0.25, -0.2) is 0 Å².